The van der Waals surface area contributed by atoms with Crippen LogP contribution in [0, 0.1) is 5.82 Å². The number of nitrogens with one attached hydrogen (secondary N) is 1. The van der Waals surface area contributed by atoms with Crippen molar-refractivity contribution in [3.05, 3.63) is 52.4 Å². The van der Waals surface area contributed by atoms with Gasteiger partial charge in [0.25, 0.3) is 0 Å². The number of rotatable bonds is 3. The van der Waals surface area contributed by atoms with Crippen LogP contribution in [0.15, 0.2) is 41.0 Å². The molecule has 3 rings (SSSR count). The number of anilines is 1. The fraction of sp³-hybridized carbons (Fsp3) is 0. The van der Waals surface area contributed by atoms with Crippen molar-refractivity contribution in [2.24, 2.45) is 0 Å². The molecule has 0 radical (unpaired) electrons. The number of carboxylic acids is 1. The Morgan fingerprint density at radius 2 is 2.09 bits per heavy atom. The fourth-order valence-electron chi connectivity index (χ4n) is 2.20. The molecule has 0 atom stereocenters. The maximum Gasteiger partial charge on any atom is 0.337 e. The van der Waals surface area contributed by atoms with Crippen molar-refractivity contribution in [2.75, 3.05) is 5.73 Å². The van der Waals surface area contributed by atoms with Crippen LogP contribution in [-0.4, -0.2) is 26.0 Å². The topological polar surface area (TPSA) is 105 Å². The molecule has 6 nitrogen and oxygen atoms in total. The first kappa shape index (κ1) is 15.2. The number of carboxylic acid groups (broad SMARTS) is 1. The van der Waals surface area contributed by atoms with E-state index < -0.39 is 11.8 Å². The Labute approximate surface area is 138 Å². The Balaban J connectivity index is 2.23. The second kappa shape index (κ2) is 5.81. The number of nitrogens with zero attached hydrogens (tertiary/aromatic N) is 2. The van der Waals surface area contributed by atoms with Crippen molar-refractivity contribution in [3.63, 3.8) is 0 Å². The minimum atomic E-state index is -1.18. The third-order valence-corrected chi connectivity index (χ3v) is 3.79. The number of nitrogen functional groups attached to an aromatic ring is 1. The molecule has 0 fully saturated rings. The molecular formula is C15H10BrFN4O2. The SMILES string of the molecule is Nc1ncc(Br)c(-c2cc(C(=O)O)c(-c3ccccc3F)[nH]2)n1. The van der Waals surface area contributed by atoms with Gasteiger partial charge in [-0.1, -0.05) is 12.1 Å². The molecule has 0 saturated carbocycles. The van der Waals surface area contributed by atoms with Gasteiger partial charge in [0.2, 0.25) is 5.95 Å². The first-order chi connectivity index (χ1) is 11.0. The lowest BCUT2D eigenvalue weighted by atomic mass is 10.1. The number of H-pyrrole nitrogens is 1. The number of aromatic nitrogens is 3. The summed E-state index contributed by atoms with van der Waals surface area (Å²) < 4.78 is 14.5. The Hall–Kier alpha value is -2.74. The average molecular weight is 377 g/mol. The van der Waals surface area contributed by atoms with Crippen LogP contribution in [0.1, 0.15) is 10.4 Å². The van der Waals surface area contributed by atoms with Crippen LogP contribution in [0.2, 0.25) is 0 Å². The molecule has 2 heterocycles. The second-order valence-corrected chi connectivity index (χ2v) is 5.54. The summed E-state index contributed by atoms with van der Waals surface area (Å²) in [6, 6.07) is 7.31. The lowest BCUT2D eigenvalue weighted by Gasteiger charge is -2.03. The molecule has 0 aliphatic rings. The van der Waals surface area contributed by atoms with Crippen molar-refractivity contribution >= 4 is 27.8 Å². The molecule has 2 aromatic heterocycles. The maximum absolute atomic E-state index is 14.0. The molecule has 0 aliphatic heterocycles. The summed E-state index contributed by atoms with van der Waals surface area (Å²) in [4.78, 5) is 22.3. The lowest BCUT2D eigenvalue weighted by molar-refractivity contribution is 0.0698. The van der Waals surface area contributed by atoms with Crippen molar-refractivity contribution < 1.29 is 14.3 Å². The minimum absolute atomic E-state index is 0.0436. The van der Waals surface area contributed by atoms with E-state index in [1.165, 1.54) is 30.5 Å². The van der Waals surface area contributed by atoms with Gasteiger partial charge in [0.1, 0.15) is 11.5 Å². The number of aromatic carboxylic acids is 1. The van der Waals surface area contributed by atoms with E-state index in [1.807, 2.05) is 0 Å². The van der Waals surface area contributed by atoms with E-state index >= 15 is 0 Å². The van der Waals surface area contributed by atoms with Crippen LogP contribution in [0.4, 0.5) is 10.3 Å². The third-order valence-electron chi connectivity index (χ3n) is 3.21. The standard InChI is InChI=1S/C15H10BrFN4O2/c16-9-6-19-15(18)21-13(9)11-5-8(14(22)23)12(20-11)7-3-1-2-4-10(7)17/h1-6,20H,(H,22,23)(H2,18,19,21). The minimum Gasteiger partial charge on any atom is -0.478 e. The van der Waals surface area contributed by atoms with Crippen LogP contribution in [0.5, 0.6) is 0 Å². The van der Waals surface area contributed by atoms with E-state index in [4.69, 9.17) is 5.73 Å². The molecule has 116 valence electrons. The van der Waals surface area contributed by atoms with Gasteiger partial charge >= 0.3 is 5.97 Å². The monoisotopic (exact) mass is 376 g/mol. The molecule has 0 amide bonds. The molecule has 0 bridgehead atoms. The van der Waals surface area contributed by atoms with Crippen LogP contribution in [-0.2, 0) is 0 Å². The molecule has 0 spiro atoms. The van der Waals surface area contributed by atoms with Gasteiger partial charge in [-0.25, -0.2) is 19.2 Å². The Morgan fingerprint density at radius 1 is 1.35 bits per heavy atom. The van der Waals surface area contributed by atoms with Gasteiger partial charge < -0.3 is 15.8 Å². The van der Waals surface area contributed by atoms with Gasteiger partial charge in [0.15, 0.2) is 0 Å². The summed E-state index contributed by atoms with van der Waals surface area (Å²) in [5, 5.41) is 9.39. The molecule has 0 unspecified atom stereocenters. The summed E-state index contributed by atoms with van der Waals surface area (Å²) in [7, 11) is 0. The van der Waals surface area contributed by atoms with Crippen LogP contribution in [0.25, 0.3) is 22.6 Å². The first-order valence-electron chi connectivity index (χ1n) is 6.47. The largest absolute Gasteiger partial charge is 0.478 e. The van der Waals surface area contributed by atoms with Gasteiger partial charge in [-0.05, 0) is 34.1 Å². The van der Waals surface area contributed by atoms with E-state index in [0.717, 1.165) is 0 Å². The molecule has 0 saturated heterocycles. The van der Waals surface area contributed by atoms with Gasteiger partial charge in [-0.15, -0.1) is 0 Å². The highest BCUT2D eigenvalue weighted by Crippen LogP contribution is 2.32. The third kappa shape index (κ3) is 2.80. The Kier molecular flexibility index (Phi) is 3.83. The van der Waals surface area contributed by atoms with Crippen LogP contribution >= 0.6 is 15.9 Å². The summed E-state index contributed by atoms with van der Waals surface area (Å²) in [5.41, 5.74) is 6.62. The average Bonchev–Trinajstić information content (AvgIpc) is 2.95. The highest BCUT2D eigenvalue weighted by atomic mass is 79.9. The molecule has 8 heteroatoms. The number of hydrogen-bond acceptors (Lipinski definition) is 4. The summed E-state index contributed by atoms with van der Waals surface area (Å²) in [5.74, 6) is -1.66. The maximum atomic E-state index is 14.0. The van der Waals surface area contributed by atoms with E-state index in [1.54, 1.807) is 6.07 Å². The van der Waals surface area contributed by atoms with E-state index in [-0.39, 0.29) is 22.8 Å². The summed E-state index contributed by atoms with van der Waals surface area (Å²) in [6.07, 6.45) is 1.46. The van der Waals surface area contributed by atoms with Crippen molar-refractivity contribution in [3.8, 4) is 22.6 Å². The quantitative estimate of drug-likeness (QED) is 0.650. The van der Waals surface area contributed by atoms with E-state index in [9.17, 15) is 14.3 Å². The highest BCUT2D eigenvalue weighted by Gasteiger charge is 2.20. The molecular weight excluding hydrogens is 367 g/mol. The summed E-state index contributed by atoms with van der Waals surface area (Å²) >= 11 is 3.29. The van der Waals surface area contributed by atoms with Crippen LogP contribution in [0.3, 0.4) is 0 Å². The van der Waals surface area contributed by atoms with Crippen molar-refractivity contribution in [2.45, 2.75) is 0 Å². The fourth-order valence-corrected chi connectivity index (χ4v) is 2.60. The molecule has 23 heavy (non-hydrogen) atoms. The van der Waals surface area contributed by atoms with Gasteiger partial charge in [0, 0.05) is 11.8 Å². The van der Waals surface area contributed by atoms with Crippen molar-refractivity contribution in [1.29, 1.82) is 0 Å². The van der Waals surface area contributed by atoms with Crippen LogP contribution < -0.4 is 5.73 Å². The number of benzene rings is 1. The number of nitrogens with two attached hydrogens (primary N) is 1. The first-order valence-corrected chi connectivity index (χ1v) is 7.26. The summed E-state index contributed by atoms with van der Waals surface area (Å²) in [6.45, 7) is 0. The number of hydrogen-bond donors (Lipinski definition) is 3. The molecule has 0 aliphatic carbocycles. The number of carbonyl (C=O) groups is 1. The van der Waals surface area contributed by atoms with E-state index in [0.29, 0.717) is 15.9 Å². The zero-order valence-electron chi connectivity index (χ0n) is 11.5. The zero-order chi connectivity index (χ0) is 16.6. The predicted molar refractivity (Wildman–Crippen MR) is 86.3 cm³/mol. The predicted octanol–water partition coefficient (Wildman–Crippen LogP) is 3.32. The van der Waals surface area contributed by atoms with Gasteiger partial charge in [-0.3, -0.25) is 0 Å². The normalized spacial score (nSPS) is 10.7. The Morgan fingerprint density at radius 3 is 2.78 bits per heavy atom. The number of halogens is 2. The zero-order valence-corrected chi connectivity index (χ0v) is 13.1. The molecule has 4 N–H and O–H groups in total. The molecule has 1 aromatic carbocycles. The van der Waals surface area contributed by atoms with Crippen molar-refractivity contribution in [1.82, 2.24) is 15.0 Å². The lowest BCUT2D eigenvalue weighted by Crippen LogP contribution is -1.97. The van der Waals surface area contributed by atoms with Gasteiger partial charge in [-0.2, -0.15) is 0 Å². The molecule has 3 aromatic rings. The smallest absolute Gasteiger partial charge is 0.337 e. The number of aromatic amines is 1. The second-order valence-electron chi connectivity index (χ2n) is 4.68. The van der Waals surface area contributed by atoms with E-state index in [2.05, 4.69) is 30.9 Å². The highest BCUT2D eigenvalue weighted by molar-refractivity contribution is 9.10. The Bertz CT molecular complexity index is 910. The van der Waals surface area contributed by atoms with Gasteiger partial charge in [0.05, 0.1) is 21.4 Å².